The Morgan fingerprint density at radius 1 is 1.46 bits per heavy atom. The lowest BCUT2D eigenvalue weighted by Crippen LogP contribution is -2.47. The van der Waals surface area contributed by atoms with Gasteiger partial charge in [0.1, 0.15) is 6.04 Å². The second kappa shape index (κ2) is 5.53. The Bertz CT molecular complexity index is 192. The van der Waals surface area contributed by atoms with E-state index in [2.05, 4.69) is 5.32 Å². The van der Waals surface area contributed by atoms with Crippen LogP contribution in [0.2, 0.25) is 0 Å². The highest BCUT2D eigenvalue weighted by Gasteiger charge is 2.16. The van der Waals surface area contributed by atoms with Gasteiger partial charge in [-0.3, -0.25) is 9.59 Å². The highest BCUT2D eigenvalue weighted by atomic mass is 16.3. The summed E-state index contributed by atoms with van der Waals surface area (Å²) in [4.78, 5) is 21.7. The third-order valence-electron chi connectivity index (χ3n) is 1.45. The van der Waals surface area contributed by atoms with E-state index in [9.17, 15) is 9.59 Å². The minimum absolute atomic E-state index is 0.215. The number of carbonyl (C=O) groups is 2. The number of carbonyl (C=O) groups excluding carboxylic acids is 2. The highest BCUT2D eigenvalue weighted by molar-refractivity contribution is 5.86. The van der Waals surface area contributed by atoms with Crippen LogP contribution >= 0.6 is 0 Å². The number of hydrogen-bond acceptors (Lipinski definition) is 3. The van der Waals surface area contributed by atoms with Crippen molar-refractivity contribution >= 4 is 11.8 Å². The maximum Gasteiger partial charge on any atom is 0.242 e. The molecule has 0 radical (unpaired) electrons. The minimum atomic E-state index is -0.966. The average molecular weight is 188 g/mol. The molecule has 0 heterocycles. The summed E-state index contributed by atoms with van der Waals surface area (Å²) in [5.41, 5.74) is 4.91. The van der Waals surface area contributed by atoms with E-state index in [-0.39, 0.29) is 11.8 Å². The van der Waals surface area contributed by atoms with Crippen molar-refractivity contribution in [1.29, 1.82) is 0 Å². The molecule has 76 valence electrons. The molecular weight excluding hydrogens is 172 g/mol. The molecule has 0 spiro atoms. The fraction of sp³-hybridized carbons (Fsp3) is 0.750. The Hall–Kier alpha value is -1.10. The monoisotopic (exact) mass is 188 g/mol. The Kier molecular flexibility index (Phi) is 5.06. The lowest BCUT2D eigenvalue weighted by molar-refractivity contribution is -0.128. The standard InChI is InChI=1S/C8H16N2O3/c1-5(2)3-7(12)10-6(4-11)8(9)13/h5-6,11H,3-4H2,1-2H3,(H2,9,13)(H,10,12)/t6-/m0/s1. The minimum Gasteiger partial charge on any atom is -0.394 e. The Morgan fingerprint density at radius 3 is 2.31 bits per heavy atom. The Morgan fingerprint density at radius 2 is 2.00 bits per heavy atom. The van der Waals surface area contributed by atoms with Crippen LogP contribution in [0.3, 0.4) is 0 Å². The van der Waals surface area contributed by atoms with Crippen LogP contribution in [0.1, 0.15) is 20.3 Å². The molecule has 0 saturated heterocycles. The van der Waals surface area contributed by atoms with Gasteiger partial charge in [0, 0.05) is 6.42 Å². The van der Waals surface area contributed by atoms with E-state index in [0.717, 1.165) is 0 Å². The SMILES string of the molecule is CC(C)CC(=O)N[C@@H](CO)C(N)=O. The van der Waals surface area contributed by atoms with Crippen LogP contribution in [0.5, 0.6) is 0 Å². The summed E-state index contributed by atoms with van der Waals surface area (Å²) in [7, 11) is 0. The van der Waals surface area contributed by atoms with Gasteiger partial charge in [0.15, 0.2) is 0 Å². The van der Waals surface area contributed by atoms with Gasteiger partial charge in [-0.05, 0) is 5.92 Å². The molecule has 0 aliphatic heterocycles. The zero-order valence-electron chi connectivity index (χ0n) is 7.91. The van der Waals surface area contributed by atoms with Crippen LogP contribution in [-0.4, -0.2) is 29.6 Å². The van der Waals surface area contributed by atoms with Crippen molar-refractivity contribution in [2.45, 2.75) is 26.3 Å². The second-order valence-electron chi connectivity index (χ2n) is 3.30. The van der Waals surface area contributed by atoms with Crippen molar-refractivity contribution in [3.05, 3.63) is 0 Å². The van der Waals surface area contributed by atoms with Crippen LogP contribution in [0.4, 0.5) is 0 Å². The molecular formula is C8H16N2O3. The average Bonchev–Trinajstić information content (AvgIpc) is 1.98. The molecule has 0 fully saturated rings. The number of nitrogens with one attached hydrogen (secondary N) is 1. The van der Waals surface area contributed by atoms with E-state index in [1.807, 2.05) is 13.8 Å². The number of amides is 2. The maximum atomic E-state index is 11.1. The van der Waals surface area contributed by atoms with Gasteiger partial charge in [-0.15, -0.1) is 0 Å². The number of aliphatic hydroxyl groups is 1. The first-order chi connectivity index (χ1) is 5.97. The molecule has 0 rings (SSSR count). The van der Waals surface area contributed by atoms with E-state index < -0.39 is 18.6 Å². The smallest absolute Gasteiger partial charge is 0.242 e. The van der Waals surface area contributed by atoms with Crippen molar-refractivity contribution in [3.63, 3.8) is 0 Å². The summed E-state index contributed by atoms with van der Waals surface area (Å²) in [5, 5.41) is 11.0. The Labute approximate surface area is 77.3 Å². The molecule has 0 aliphatic carbocycles. The van der Waals surface area contributed by atoms with Gasteiger partial charge < -0.3 is 16.2 Å². The maximum absolute atomic E-state index is 11.1. The second-order valence-corrected chi connectivity index (χ2v) is 3.30. The lowest BCUT2D eigenvalue weighted by atomic mass is 10.1. The van der Waals surface area contributed by atoms with Gasteiger partial charge in [0.2, 0.25) is 11.8 Å². The highest BCUT2D eigenvalue weighted by Crippen LogP contribution is 1.98. The third-order valence-corrected chi connectivity index (χ3v) is 1.45. The topological polar surface area (TPSA) is 92.4 Å². The Balaban J connectivity index is 3.94. The van der Waals surface area contributed by atoms with Gasteiger partial charge >= 0.3 is 0 Å². The molecule has 0 saturated carbocycles. The summed E-state index contributed by atoms with van der Waals surface area (Å²) >= 11 is 0. The van der Waals surface area contributed by atoms with E-state index in [1.165, 1.54) is 0 Å². The van der Waals surface area contributed by atoms with E-state index in [1.54, 1.807) is 0 Å². The van der Waals surface area contributed by atoms with Crippen molar-refractivity contribution in [2.24, 2.45) is 11.7 Å². The van der Waals surface area contributed by atoms with Gasteiger partial charge in [0.05, 0.1) is 6.61 Å². The first kappa shape index (κ1) is 11.9. The van der Waals surface area contributed by atoms with Gasteiger partial charge in [-0.1, -0.05) is 13.8 Å². The molecule has 13 heavy (non-hydrogen) atoms. The normalized spacial score (nSPS) is 12.6. The molecule has 0 aromatic carbocycles. The van der Waals surface area contributed by atoms with Crippen LogP contribution in [0.15, 0.2) is 0 Å². The van der Waals surface area contributed by atoms with Gasteiger partial charge in [0.25, 0.3) is 0 Å². The summed E-state index contributed by atoms with van der Waals surface area (Å²) in [5.74, 6) is -0.778. The predicted molar refractivity (Wildman–Crippen MR) is 47.7 cm³/mol. The zero-order valence-corrected chi connectivity index (χ0v) is 7.91. The lowest BCUT2D eigenvalue weighted by Gasteiger charge is -2.13. The number of nitrogens with two attached hydrogens (primary N) is 1. The summed E-state index contributed by atoms with van der Waals surface area (Å²) in [6, 6.07) is -0.966. The van der Waals surface area contributed by atoms with E-state index in [4.69, 9.17) is 10.8 Å². The molecule has 0 aliphatic rings. The molecule has 5 heteroatoms. The largest absolute Gasteiger partial charge is 0.394 e. The molecule has 0 aromatic rings. The number of rotatable bonds is 5. The van der Waals surface area contributed by atoms with Gasteiger partial charge in [-0.25, -0.2) is 0 Å². The van der Waals surface area contributed by atoms with E-state index in [0.29, 0.717) is 6.42 Å². The molecule has 0 aromatic heterocycles. The quantitative estimate of drug-likeness (QED) is 0.516. The van der Waals surface area contributed by atoms with Crippen molar-refractivity contribution in [2.75, 3.05) is 6.61 Å². The zero-order chi connectivity index (χ0) is 10.4. The first-order valence-electron chi connectivity index (χ1n) is 4.17. The summed E-state index contributed by atoms with van der Waals surface area (Å²) < 4.78 is 0. The predicted octanol–water partition coefficient (Wildman–Crippen LogP) is -1.01. The molecule has 5 nitrogen and oxygen atoms in total. The fourth-order valence-corrected chi connectivity index (χ4v) is 0.831. The van der Waals surface area contributed by atoms with Crippen LogP contribution in [0, 0.1) is 5.92 Å². The van der Waals surface area contributed by atoms with Crippen molar-refractivity contribution in [3.8, 4) is 0 Å². The molecule has 0 unspecified atom stereocenters. The number of hydrogen-bond donors (Lipinski definition) is 3. The molecule has 4 N–H and O–H groups in total. The first-order valence-corrected chi connectivity index (χ1v) is 4.17. The van der Waals surface area contributed by atoms with Crippen molar-refractivity contribution < 1.29 is 14.7 Å². The van der Waals surface area contributed by atoms with Crippen molar-refractivity contribution in [1.82, 2.24) is 5.32 Å². The molecule has 2 amide bonds. The van der Waals surface area contributed by atoms with Crippen LogP contribution in [0.25, 0.3) is 0 Å². The summed E-state index contributed by atoms with van der Waals surface area (Å²) in [6.07, 6.45) is 0.323. The summed E-state index contributed by atoms with van der Waals surface area (Å²) in [6.45, 7) is 3.31. The van der Waals surface area contributed by atoms with E-state index >= 15 is 0 Å². The number of aliphatic hydroxyl groups excluding tert-OH is 1. The molecule has 1 atom stereocenters. The molecule has 0 bridgehead atoms. The van der Waals surface area contributed by atoms with Crippen LogP contribution < -0.4 is 11.1 Å². The fourth-order valence-electron chi connectivity index (χ4n) is 0.831. The number of primary amides is 1. The van der Waals surface area contributed by atoms with Crippen LogP contribution in [-0.2, 0) is 9.59 Å². The third kappa shape index (κ3) is 5.19. The van der Waals surface area contributed by atoms with Gasteiger partial charge in [-0.2, -0.15) is 0 Å².